The van der Waals surface area contributed by atoms with Crippen LogP contribution in [0.4, 0.5) is 5.69 Å². The molecule has 11 heteroatoms. The third kappa shape index (κ3) is 5.19. The fraction of sp³-hybridized carbons (Fsp3) is 0.458. The van der Waals surface area contributed by atoms with Gasteiger partial charge in [-0.25, -0.2) is 0 Å². The van der Waals surface area contributed by atoms with Crippen LogP contribution in [-0.2, 0) is 15.6 Å². The zero-order chi connectivity index (χ0) is 26.3. The van der Waals surface area contributed by atoms with E-state index in [2.05, 4.69) is 29.6 Å². The van der Waals surface area contributed by atoms with Crippen molar-refractivity contribution in [3.63, 3.8) is 0 Å². The highest BCUT2D eigenvalue weighted by Gasteiger charge is 2.35. The van der Waals surface area contributed by atoms with E-state index in [0.717, 1.165) is 5.56 Å². The highest BCUT2D eigenvalue weighted by atomic mass is 32.2. The van der Waals surface area contributed by atoms with E-state index in [4.69, 9.17) is 4.42 Å². The first-order chi connectivity index (χ1) is 16.2. The Kier molecular flexibility index (Phi) is 7.03. The fourth-order valence-corrected chi connectivity index (χ4v) is 4.71. The number of amides is 1. The van der Waals surface area contributed by atoms with Crippen LogP contribution < -0.4 is 4.90 Å². The van der Waals surface area contributed by atoms with E-state index in [1.54, 1.807) is 51.5 Å². The van der Waals surface area contributed by atoms with Crippen LogP contribution in [-0.4, -0.2) is 69.1 Å². The van der Waals surface area contributed by atoms with Crippen molar-refractivity contribution in [1.82, 2.24) is 9.80 Å². The number of para-hydroxylation sites is 1. The third-order valence-corrected chi connectivity index (χ3v) is 6.74. The molecule has 10 nitrogen and oxygen atoms in total. The highest BCUT2D eigenvalue weighted by Crippen LogP contribution is 2.34. The minimum Gasteiger partial charge on any atom is -0.505 e. The Labute approximate surface area is 206 Å². The van der Waals surface area contributed by atoms with Gasteiger partial charge in [-0.2, -0.15) is 8.42 Å². The summed E-state index contributed by atoms with van der Waals surface area (Å²) in [5.74, 6) is 0.143. The molecule has 0 saturated carbocycles. The Hall–Kier alpha value is -3.34. The number of hydrogen-bond donors (Lipinski definition) is 1. The number of rotatable bonds is 5. The van der Waals surface area contributed by atoms with Gasteiger partial charge in [-0.1, -0.05) is 33.8 Å². The predicted octanol–water partition coefficient (Wildman–Crippen LogP) is 3.56. The van der Waals surface area contributed by atoms with Gasteiger partial charge >= 0.3 is 10.2 Å². The molecule has 190 valence electrons. The first-order valence-corrected chi connectivity index (χ1v) is 12.6. The molecule has 1 aliphatic rings. The second kappa shape index (κ2) is 9.37. The number of aromatic hydroxyl groups is 1. The van der Waals surface area contributed by atoms with E-state index in [-0.39, 0.29) is 46.0 Å². The highest BCUT2D eigenvalue weighted by molar-refractivity contribution is 7.89. The number of likely N-dealkylation sites (N-methyl/N-ethyl adjacent to an activating group) is 2. The van der Waals surface area contributed by atoms with E-state index in [1.165, 1.54) is 15.9 Å². The van der Waals surface area contributed by atoms with Crippen LogP contribution in [0.1, 0.15) is 61.8 Å². The third-order valence-electron chi connectivity index (χ3n) is 5.94. The van der Waals surface area contributed by atoms with Crippen molar-refractivity contribution < 1.29 is 22.7 Å². The zero-order valence-corrected chi connectivity index (χ0v) is 22.2. The number of hydrogen-bond acceptors (Lipinski definition) is 7. The molecule has 35 heavy (non-hydrogen) atoms. The fourth-order valence-electron chi connectivity index (χ4n) is 3.82. The molecule has 3 rings (SSSR count). The lowest BCUT2D eigenvalue weighted by Gasteiger charge is -2.30. The Morgan fingerprint density at radius 3 is 2.29 bits per heavy atom. The average molecular weight is 504 g/mol. The van der Waals surface area contributed by atoms with Crippen LogP contribution in [0.3, 0.4) is 0 Å². The maximum absolute atomic E-state index is 12.5. The van der Waals surface area contributed by atoms with Crippen LogP contribution in [0.15, 0.2) is 43.7 Å². The molecule has 1 N–H and O–H groups in total. The molecule has 1 aromatic carbocycles. The molecule has 1 aromatic heterocycles. The lowest BCUT2D eigenvalue weighted by atomic mass is 9.89. The average Bonchev–Trinajstić information content (AvgIpc) is 3.38. The molecule has 0 saturated heterocycles. The topological polar surface area (TPSA) is 119 Å². The van der Waals surface area contributed by atoms with Crippen molar-refractivity contribution in [2.45, 2.75) is 45.6 Å². The molecule has 1 amide bonds. The Morgan fingerprint density at radius 2 is 1.74 bits per heavy atom. The quantitative estimate of drug-likeness (QED) is 0.663. The predicted molar refractivity (Wildman–Crippen MR) is 137 cm³/mol. The van der Waals surface area contributed by atoms with Crippen LogP contribution >= 0.6 is 0 Å². The molecule has 1 aliphatic heterocycles. The molecular formula is C24H33N5O5S. The second-order valence-electron chi connectivity index (χ2n) is 9.73. The number of amidine groups is 2. The Balaban J connectivity index is 2.01. The number of anilines is 1. The molecule has 1 atom stereocenters. The summed E-state index contributed by atoms with van der Waals surface area (Å²) in [5.41, 5.74) is 1.23. The van der Waals surface area contributed by atoms with Gasteiger partial charge in [0, 0.05) is 28.2 Å². The van der Waals surface area contributed by atoms with E-state index < -0.39 is 10.2 Å². The molecular weight excluding hydrogens is 470 g/mol. The van der Waals surface area contributed by atoms with Crippen molar-refractivity contribution in [1.29, 1.82) is 0 Å². The van der Waals surface area contributed by atoms with Crippen LogP contribution in [0.5, 0.6) is 5.75 Å². The second-order valence-corrected chi connectivity index (χ2v) is 11.0. The molecule has 0 bridgehead atoms. The summed E-state index contributed by atoms with van der Waals surface area (Å²) in [6.07, 6.45) is 2.33. The number of furan rings is 1. The maximum Gasteiger partial charge on any atom is 0.367 e. The molecule has 0 aliphatic carbocycles. The summed E-state index contributed by atoms with van der Waals surface area (Å²) >= 11 is 0. The summed E-state index contributed by atoms with van der Waals surface area (Å²) in [7, 11) is 2.31. The lowest BCUT2D eigenvalue weighted by molar-refractivity contribution is 0.0824. The summed E-state index contributed by atoms with van der Waals surface area (Å²) in [5, 5.41) is 10.8. The number of carbonyl (C=O) groups excluding carboxylic acids is 1. The number of carbonyl (C=O) groups is 1. The van der Waals surface area contributed by atoms with Gasteiger partial charge in [0.05, 0.1) is 23.6 Å². The summed E-state index contributed by atoms with van der Waals surface area (Å²) in [6, 6.07) is 6.34. The van der Waals surface area contributed by atoms with Crippen molar-refractivity contribution in [3.8, 4) is 5.75 Å². The van der Waals surface area contributed by atoms with Gasteiger partial charge in [-0.05, 0) is 35.6 Å². The zero-order valence-electron chi connectivity index (χ0n) is 21.4. The standard InChI is InChI=1S/C24H33N5O5S/c1-9-17(19-13-15(14-34-19)24(2,3)4)28(7)21-22(26-35(32,33)25-21)29(8)18-12-10-11-16(20(18)30)23(31)27(5)6/h10-14,17,30H,9H2,1-8H3/t17-/m1/s1. The van der Waals surface area contributed by atoms with Gasteiger partial charge in [0.25, 0.3) is 5.91 Å². The smallest absolute Gasteiger partial charge is 0.367 e. The Bertz CT molecular complexity index is 1290. The molecule has 0 fully saturated rings. The number of phenols is 1. The van der Waals surface area contributed by atoms with Gasteiger partial charge in [-0.15, -0.1) is 8.80 Å². The summed E-state index contributed by atoms with van der Waals surface area (Å²) < 4.78 is 38.5. The monoisotopic (exact) mass is 503 g/mol. The van der Waals surface area contributed by atoms with Crippen molar-refractivity contribution >= 4 is 33.5 Å². The molecule has 0 radical (unpaired) electrons. The van der Waals surface area contributed by atoms with Crippen molar-refractivity contribution in [2.24, 2.45) is 8.80 Å². The Morgan fingerprint density at radius 1 is 1.11 bits per heavy atom. The first-order valence-electron chi connectivity index (χ1n) is 11.2. The van der Waals surface area contributed by atoms with Gasteiger partial charge in [0.15, 0.2) is 17.4 Å². The van der Waals surface area contributed by atoms with E-state index in [9.17, 15) is 18.3 Å². The van der Waals surface area contributed by atoms with E-state index in [0.29, 0.717) is 12.2 Å². The lowest BCUT2D eigenvalue weighted by Crippen LogP contribution is -2.42. The number of nitrogens with zero attached hydrogens (tertiary/aromatic N) is 5. The van der Waals surface area contributed by atoms with Gasteiger partial charge < -0.3 is 24.2 Å². The van der Waals surface area contributed by atoms with Crippen LogP contribution in [0.25, 0.3) is 0 Å². The normalized spacial score (nSPS) is 15.9. The maximum atomic E-state index is 12.5. The minimum absolute atomic E-state index is 0.0262. The summed E-state index contributed by atoms with van der Waals surface area (Å²) in [6.45, 7) is 8.22. The molecule has 2 heterocycles. The molecule has 0 spiro atoms. The SMILES string of the molecule is CC[C@H](c1cc(C(C)(C)C)co1)N(C)C1=NS(=O)(=O)N=C1N(C)c1cccc(C(=O)N(C)C)c1O. The first kappa shape index (κ1) is 26.3. The minimum atomic E-state index is -4.13. The molecule has 0 unspecified atom stereocenters. The van der Waals surface area contributed by atoms with Crippen LogP contribution in [0, 0.1) is 0 Å². The van der Waals surface area contributed by atoms with E-state index >= 15 is 0 Å². The van der Waals surface area contributed by atoms with Crippen LogP contribution in [0.2, 0.25) is 0 Å². The number of phenolic OH excluding ortho intramolecular Hbond substituents is 1. The van der Waals surface area contributed by atoms with Crippen molar-refractivity contribution in [2.75, 3.05) is 33.1 Å². The number of benzene rings is 1. The van der Waals surface area contributed by atoms with Crippen molar-refractivity contribution in [3.05, 3.63) is 47.4 Å². The van der Waals surface area contributed by atoms with Gasteiger partial charge in [-0.3, -0.25) is 4.79 Å². The largest absolute Gasteiger partial charge is 0.505 e. The van der Waals surface area contributed by atoms with Gasteiger partial charge in [0.1, 0.15) is 5.76 Å². The summed E-state index contributed by atoms with van der Waals surface area (Å²) in [4.78, 5) is 16.9. The van der Waals surface area contributed by atoms with E-state index in [1.807, 2.05) is 13.0 Å². The molecule has 2 aromatic rings. The van der Waals surface area contributed by atoms with Gasteiger partial charge in [0.2, 0.25) is 0 Å².